The number of hydrogen-bond donors (Lipinski definition) is 0. The topological polar surface area (TPSA) is 57.9 Å². The first-order valence-corrected chi connectivity index (χ1v) is 10.3. The van der Waals surface area contributed by atoms with Gasteiger partial charge in [-0.1, -0.05) is 0 Å². The number of rotatable bonds is 6. The van der Waals surface area contributed by atoms with E-state index in [1.165, 1.54) is 6.92 Å². The minimum Gasteiger partial charge on any atom is -0.497 e. The second kappa shape index (κ2) is 8.31. The number of ether oxygens (including phenoxy) is 3. The predicted molar refractivity (Wildman–Crippen MR) is 104 cm³/mol. The summed E-state index contributed by atoms with van der Waals surface area (Å²) in [7, 11) is 3.21. The summed E-state index contributed by atoms with van der Waals surface area (Å²) in [5.41, 5.74) is 0.815. The van der Waals surface area contributed by atoms with E-state index in [0.717, 1.165) is 29.3 Å². The average Bonchev–Trinajstić information content (AvgIpc) is 3.21. The molecule has 1 aromatic heterocycles. The quantitative estimate of drug-likeness (QED) is 0.662. The largest absolute Gasteiger partial charge is 0.497 e. The summed E-state index contributed by atoms with van der Waals surface area (Å²) in [6, 6.07) is 9.38. The summed E-state index contributed by atoms with van der Waals surface area (Å²) in [6.45, 7) is 1.43. The molecule has 1 atom stereocenters. The Morgan fingerprint density at radius 1 is 1.15 bits per heavy atom. The highest BCUT2D eigenvalue weighted by atomic mass is 32.2. The Kier molecular flexibility index (Phi) is 6.09. The third-order valence-corrected chi connectivity index (χ3v) is 7.47. The van der Waals surface area contributed by atoms with Gasteiger partial charge >= 0.3 is 5.97 Å². The highest BCUT2D eigenvalue weighted by molar-refractivity contribution is 8.18. The van der Waals surface area contributed by atoms with Crippen molar-refractivity contribution in [1.29, 1.82) is 0 Å². The fourth-order valence-electron chi connectivity index (χ4n) is 2.96. The summed E-state index contributed by atoms with van der Waals surface area (Å²) in [6.07, 6.45) is 2.22. The first kappa shape index (κ1) is 19.0. The number of esters is 1. The van der Waals surface area contributed by atoms with E-state index in [1.54, 1.807) is 50.1 Å². The maximum atomic E-state index is 12.0. The van der Waals surface area contributed by atoms with Gasteiger partial charge in [-0.05, 0) is 42.2 Å². The van der Waals surface area contributed by atoms with Crippen LogP contribution in [0.25, 0.3) is 0 Å². The first-order valence-electron chi connectivity index (χ1n) is 8.31. The van der Waals surface area contributed by atoms with E-state index in [9.17, 15) is 4.79 Å². The molecular formula is C19H22O5S2. The number of hydrogen-bond acceptors (Lipinski definition) is 7. The van der Waals surface area contributed by atoms with Crippen molar-refractivity contribution in [2.75, 3.05) is 25.7 Å². The zero-order valence-electron chi connectivity index (χ0n) is 15.0. The molecular weight excluding hydrogens is 372 g/mol. The Bertz CT molecular complexity index is 716. The zero-order chi connectivity index (χ0) is 18.6. The van der Waals surface area contributed by atoms with Gasteiger partial charge in [-0.25, -0.2) is 0 Å². The molecule has 1 aliphatic rings. The molecule has 1 fully saturated rings. The summed E-state index contributed by atoms with van der Waals surface area (Å²) in [4.78, 5) is 12.0. The smallest absolute Gasteiger partial charge is 0.303 e. The maximum absolute atomic E-state index is 12.0. The minimum absolute atomic E-state index is 0.338. The molecule has 7 heteroatoms. The highest BCUT2D eigenvalue weighted by Crippen LogP contribution is 2.59. The molecule has 0 saturated carbocycles. The fourth-order valence-corrected chi connectivity index (χ4v) is 6.35. The SMILES string of the molecule is COc1cc(OC)cc(C(OC(C)=O)C2(c3ccco3)SCCCS2)c1. The molecule has 2 aromatic rings. The van der Waals surface area contributed by atoms with E-state index in [-0.39, 0.29) is 5.97 Å². The summed E-state index contributed by atoms with van der Waals surface area (Å²) in [5.74, 6) is 3.68. The second-order valence-electron chi connectivity index (χ2n) is 5.83. The van der Waals surface area contributed by atoms with Crippen LogP contribution in [0.15, 0.2) is 41.0 Å². The minimum atomic E-state index is -0.551. The Balaban J connectivity index is 2.13. The normalized spacial score (nSPS) is 17.3. The highest BCUT2D eigenvalue weighted by Gasteiger charge is 2.49. The van der Waals surface area contributed by atoms with Crippen molar-refractivity contribution in [3.05, 3.63) is 47.9 Å². The Morgan fingerprint density at radius 2 is 1.81 bits per heavy atom. The molecule has 0 aliphatic carbocycles. The molecule has 2 heterocycles. The molecule has 140 valence electrons. The van der Waals surface area contributed by atoms with Crippen molar-refractivity contribution >= 4 is 29.5 Å². The van der Waals surface area contributed by atoms with Gasteiger partial charge in [-0.15, -0.1) is 23.5 Å². The van der Waals surface area contributed by atoms with Crippen molar-refractivity contribution in [3.63, 3.8) is 0 Å². The molecule has 3 rings (SSSR count). The lowest BCUT2D eigenvalue weighted by Crippen LogP contribution is -2.33. The van der Waals surface area contributed by atoms with Crippen LogP contribution >= 0.6 is 23.5 Å². The van der Waals surface area contributed by atoms with Crippen LogP contribution in [-0.4, -0.2) is 31.7 Å². The van der Waals surface area contributed by atoms with Crippen LogP contribution in [0.3, 0.4) is 0 Å². The van der Waals surface area contributed by atoms with Crippen molar-refractivity contribution in [2.45, 2.75) is 23.5 Å². The van der Waals surface area contributed by atoms with Gasteiger partial charge in [0.2, 0.25) is 0 Å². The van der Waals surface area contributed by atoms with Crippen LogP contribution < -0.4 is 9.47 Å². The molecule has 0 amide bonds. The Labute approximate surface area is 161 Å². The molecule has 0 spiro atoms. The standard InChI is InChI=1S/C19H22O5S2/c1-13(20)24-18(14-10-15(21-2)12-16(11-14)22-3)19(17-6-4-7-23-17)25-8-5-9-26-19/h4,6-7,10-12,18H,5,8-9H2,1-3H3. The monoisotopic (exact) mass is 394 g/mol. The van der Waals surface area contributed by atoms with E-state index >= 15 is 0 Å². The van der Waals surface area contributed by atoms with E-state index < -0.39 is 10.2 Å². The van der Waals surface area contributed by atoms with Crippen LogP contribution in [0.4, 0.5) is 0 Å². The van der Waals surface area contributed by atoms with Gasteiger partial charge in [0, 0.05) is 18.6 Å². The third-order valence-electron chi connectivity index (χ3n) is 4.09. The number of carbonyl (C=O) groups is 1. The van der Waals surface area contributed by atoms with E-state index in [1.807, 2.05) is 24.3 Å². The molecule has 1 unspecified atom stereocenters. The number of thioether (sulfide) groups is 2. The first-order chi connectivity index (χ1) is 12.6. The lowest BCUT2D eigenvalue weighted by Gasteiger charge is -2.40. The molecule has 0 radical (unpaired) electrons. The van der Waals surface area contributed by atoms with Crippen molar-refractivity contribution < 1.29 is 23.4 Å². The van der Waals surface area contributed by atoms with Gasteiger partial charge in [0.25, 0.3) is 0 Å². The summed E-state index contributed by atoms with van der Waals surface area (Å²) < 4.78 is 21.9. The van der Waals surface area contributed by atoms with Crippen molar-refractivity contribution in [2.24, 2.45) is 0 Å². The molecule has 1 aliphatic heterocycles. The van der Waals surface area contributed by atoms with Crippen LogP contribution in [0.5, 0.6) is 11.5 Å². The lowest BCUT2D eigenvalue weighted by molar-refractivity contribution is -0.147. The Morgan fingerprint density at radius 3 is 2.31 bits per heavy atom. The van der Waals surface area contributed by atoms with E-state index in [4.69, 9.17) is 18.6 Å². The van der Waals surface area contributed by atoms with Gasteiger partial charge in [0.1, 0.15) is 17.3 Å². The molecule has 0 N–H and O–H groups in total. The van der Waals surface area contributed by atoms with E-state index in [0.29, 0.717) is 11.5 Å². The van der Waals surface area contributed by atoms with Gasteiger partial charge in [-0.2, -0.15) is 0 Å². The molecule has 26 heavy (non-hydrogen) atoms. The van der Waals surface area contributed by atoms with Crippen molar-refractivity contribution in [1.82, 2.24) is 0 Å². The zero-order valence-corrected chi connectivity index (χ0v) is 16.7. The van der Waals surface area contributed by atoms with Gasteiger partial charge in [0.15, 0.2) is 10.2 Å². The maximum Gasteiger partial charge on any atom is 0.303 e. The van der Waals surface area contributed by atoms with Crippen LogP contribution in [0.1, 0.15) is 30.8 Å². The summed E-state index contributed by atoms with van der Waals surface area (Å²) >= 11 is 3.50. The molecule has 0 bridgehead atoms. The third kappa shape index (κ3) is 3.83. The van der Waals surface area contributed by atoms with Gasteiger partial charge in [0.05, 0.1) is 20.5 Å². The number of methoxy groups -OCH3 is 2. The van der Waals surface area contributed by atoms with Crippen LogP contribution in [0, 0.1) is 0 Å². The molecule has 5 nitrogen and oxygen atoms in total. The molecule has 1 aromatic carbocycles. The lowest BCUT2D eigenvalue weighted by atomic mass is 10.0. The van der Waals surface area contributed by atoms with Crippen molar-refractivity contribution in [3.8, 4) is 11.5 Å². The predicted octanol–water partition coefficient (Wildman–Crippen LogP) is 4.62. The number of furan rings is 1. The average molecular weight is 395 g/mol. The molecule has 1 saturated heterocycles. The number of carbonyl (C=O) groups excluding carboxylic acids is 1. The van der Waals surface area contributed by atoms with E-state index in [2.05, 4.69) is 0 Å². The fraction of sp³-hybridized carbons (Fsp3) is 0.421. The summed E-state index contributed by atoms with van der Waals surface area (Å²) in [5, 5.41) is 0. The van der Waals surface area contributed by atoms with Crippen LogP contribution in [-0.2, 0) is 13.6 Å². The van der Waals surface area contributed by atoms with Gasteiger partial charge in [-0.3, -0.25) is 4.79 Å². The van der Waals surface area contributed by atoms with Gasteiger partial charge < -0.3 is 18.6 Å². The Hall–Kier alpha value is -1.73. The van der Waals surface area contributed by atoms with Crippen LogP contribution in [0.2, 0.25) is 0 Å². The number of benzene rings is 1. The second-order valence-corrected chi connectivity index (χ2v) is 8.77.